The molecule has 0 bridgehead atoms. The maximum atomic E-state index is 11.6. The number of hydrogen-bond donors (Lipinski definition) is 0. The highest BCUT2D eigenvalue weighted by Gasteiger charge is 2.34. The van der Waals surface area contributed by atoms with Gasteiger partial charge in [-0.15, -0.1) is 0 Å². The highest BCUT2D eigenvalue weighted by atomic mass is 32.2. The zero-order valence-electron chi connectivity index (χ0n) is 7.84. The molecular formula is C8H11N3O2S. The third-order valence-corrected chi connectivity index (χ3v) is 4.37. The van der Waals surface area contributed by atoms with Crippen LogP contribution >= 0.6 is 0 Å². The zero-order valence-corrected chi connectivity index (χ0v) is 8.66. The lowest BCUT2D eigenvalue weighted by molar-refractivity contribution is 0.467. The fourth-order valence-electron chi connectivity index (χ4n) is 1.35. The summed E-state index contributed by atoms with van der Waals surface area (Å²) >= 11 is 0. The maximum Gasteiger partial charge on any atom is 0.230 e. The van der Waals surface area contributed by atoms with E-state index in [1.54, 1.807) is 6.07 Å². The van der Waals surface area contributed by atoms with Crippen LogP contribution in [0.25, 0.3) is 0 Å². The van der Waals surface area contributed by atoms with Gasteiger partial charge in [0.25, 0.3) is 0 Å². The molecule has 1 aliphatic heterocycles. The molecule has 2 unspecified atom stereocenters. The van der Waals surface area contributed by atoms with Crippen LogP contribution < -0.4 is 0 Å². The SMILES string of the molecule is CC(C#N)S(=O)(=O)N1CCC(C#N)C1. The molecule has 1 saturated heterocycles. The molecule has 76 valence electrons. The minimum absolute atomic E-state index is 0.226. The second-order valence-electron chi connectivity index (χ2n) is 3.29. The molecule has 6 heteroatoms. The molecule has 5 nitrogen and oxygen atoms in total. The Morgan fingerprint density at radius 3 is 2.57 bits per heavy atom. The van der Waals surface area contributed by atoms with E-state index in [9.17, 15) is 8.42 Å². The monoisotopic (exact) mass is 213 g/mol. The molecule has 1 aliphatic rings. The summed E-state index contributed by atoms with van der Waals surface area (Å²) in [5, 5.41) is 16.1. The van der Waals surface area contributed by atoms with Gasteiger partial charge in [-0.05, 0) is 13.3 Å². The van der Waals surface area contributed by atoms with Crippen LogP contribution in [0.4, 0.5) is 0 Å². The second-order valence-corrected chi connectivity index (χ2v) is 5.54. The van der Waals surface area contributed by atoms with Gasteiger partial charge in [0.05, 0.1) is 18.1 Å². The Bertz CT molecular complexity index is 390. The van der Waals surface area contributed by atoms with Gasteiger partial charge in [0.1, 0.15) is 0 Å². The van der Waals surface area contributed by atoms with E-state index >= 15 is 0 Å². The Labute approximate surface area is 83.6 Å². The summed E-state index contributed by atoms with van der Waals surface area (Å²) in [5.41, 5.74) is 0. The van der Waals surface area contributed by atoms with Crippen LogP contribution in [0.15, 0.2) is 0 Å². The van der Waals surface area contributed by atoms with E-state index in [-0.39, 0.29) is 12.5 Å². The van der Waals surface area contributed by atoms with E-state index in [4.69, 9.17) is 10.5 Å². The van der Waals surface area contributed by atoms with Crippen molar-refractivity contribution in [3.05, 3.63) is 0 Å². The van der Waals surface area contributed by atoms with Crippen molar-refractivity contribution in [2.75, 3.05) is 13.1 Å². The Morgan fingerprint density at radius 1 is 1.50 bits per heavy atom. The fraction of sp³-hybridized carbons (Fsp3) is 0.750. The van der Waals surface area contributed by atoms with E-state index in [0.29, 0.717) is 13.0 Å². The summed E-state index contributed by atoms with van der Waals surface area (Å²) in [6, 6.07) is 3.74. The Balaban J connectivity index is 2.79. The smallest absolute Gasteiger partial charge is 0.211 e. The Morgan fingerprint density at radius 2 is 2.14 bits per heavy atom. The van der Waals surface area contributed by atoms with E-state index < -0.39 is 15.3 Å². The molecule has 0 radical (unpaired) electrons. The van der Waals surface area contributed by atoms with Crippen molar-refractivity contribution in [2.24, 2.45) is 5.92 Å². The van der Waals surface area contributed by atoms with Gasteiger partial charge < -0.3 is 0 Å². The van der Waals surface area contributed by atoms with E-state index in [1.807, 2.05) is 6.07 Å². The topological polar surface area (TPSA) is 85.0 Å². The largest absolute Gasteiger partial charge is 0.230 e. The molecule has 0 aliphatic carbocycles. The summed E-state index contributed by atoms with van der Waals surface area (Å²) in [5.74, 6) is -0.226. The third kappa shape index (κ3) is 1.87. The molecule has 0 aromatic carbocycles. The molecular weight excluding hydrogens is 202 g/mol. The molecule has 0 saturated carbocycles. The van der Waals surface area contributed by atoms with Gasteiger partial charge >= 0.3 is 0 Å². The van der Waals surface area contributed by atoms with Crippen LogP contribution in [0.2, 0.25) is 0 Å². The van der Waals surface area contributed by atoms with Gasteiger partial charge in [-0.1, -0.05) is 0 Å². The average Bonchev–Trinajstić information content (AvgIpc) is 2.65. The van der Waals surface area contributed by atoms with Gasteiger partial charge in [0, 0.05) is 13.1 Å². The molecule has 0 amide bonds. The molecule has 0 aromatic rings. The predicted octanol–water partition coefficient (Wildman–Crippen LogP) is 0.0738. The minimum atomic E-state index is -3.51. The van der Waals surface area contributed by atoms with Crippen LogP contribution in [0.3, 0.4) is 0 Å². The molecule has 0 aromatic heterocycles. The van der Waals surface area contributed by atoms with Crippen LogP contribution in [0, 0.1) is 28.6 Å². The van der Waals surface area contributed by atoms with Crippen molar-refractivity contribution >= 4 is 10.0 Å². The first-order valence-corrected chi connectivity index (χ1v) is 5.81. The lowest BCUT2D eigenvalue weighted by Gasteiger charge is -2.16. The standard InChI is InChI=1S/C8H11N3O2S/c1-7(4-9)14(12,13)11-3-2-8(5-10)6-11/h7-8H,2-3,6H2,1H3. The van der Waals surface area contributed by atoms with Gasteiger partial charge in [0.2, 0.25) is 10.0 Å². The zero-order chi connectivity index (χ0) is 10.8. The molecule has 14 heavy (non-hydrogen) atoms. The lowest BCUT2D eigenvalue weighted by Crippen LogP contribution is -2.35. The maximum absolute atomic E-state index is 11.6. The molecule has 1 rings (SSSR count). The number of nitrogens with zero attached hydrogens (tertiary/aromatic N) is 3. The van der Waals surface area contributed by atoms with Gasteiger partial charge in [-0.25, -0.2) is 8.42 Å². The van der Waals surface area contributed by atoms with Crippen molar-refractivity contribution in [3.8, 4) is 12.1 Å². The molecule has 2 atom stereocenters. The summed E-state index contributed by atoms with van der Waals surface area (Å²) in [4.78, 5) is 0. The van der Waals surface area contributed by atoms with Crippen LogP contribution in [-0.2, 0) is 10.0 Å². The number of sulfonamides is 1. The summed E-state index contributed by atoms with van der Waals surface area (Å²) in [6.45, 7) is 1.94. The first-order valence-electron chi connectivity index (χ1n) is 4.30. The van der Waals surface area contributed by atoms with Crippen LogP contribution in [0.5, 0.6) is 0 Å². The van der Waals surface area contributed by atoms with Gasteiger partial charge in [-0.2, -0.15) is 14.8 Å². The van der Waals surface area contributed by atoms with E-state index in [2.05, 4.69) is 0 Å². The Hall–Kier alpha value is -1.11. The Kier molecular flexibility index (Phi) is 3.10. The van der Waals surface area contributed by atoms with Crippen molar-refractivity contribution in [3.63, 3.8) is 0 Å². The normalized spacial score (nSPS) is 25.2. The van der Waals surface area contributed by atoms with Crippen molar-refractivity contribution < 1.29 is 8.42 Å². The third-order valence-electron chi connectivity index (χ3n) is 2.32. The van der Waals surface area contributed by atoms with Crippen molar-refractivity contribution in [1.29, 1.82) is 10.5 Å². The van der Waals surface area contributed by atoms with Crippen molar-refractivity contribution in [1.82, 2.24) is 4.31 Å². The first kappa shape index (κ1) is 11.0. The molecule has 1 heterocycles. The van der Waals surface area contributed by atoms with Gasteiger partial charge in [0.15, 0.2) is 5.25 Å². The predicted molar refractivity (Wildman–Crippen MR) is 49.3 cm³/mol. The molecule has 0 spiro atoms. The fourth-order valence-corrected chi connectivity index (χ4v) is 2.68. The molecule has 1 fully saturated rings. The number of rotatable bonds is 2. The summed E-state index contributed by atoms with van der Waals surface area (Å²) in [7, 11) is -3.51. The van der Waals surface area contributed by atoms with E-state index in [1.165, 1.54) is 11.2 Å². The van der Waals surface area contributed by atoms with E-state index in [0.717, 1.165) is 0 Å². The summed E-state index contributed by atoms with van der Waals surface area (Å²) in [6.07, 6.45) is 0.563. The summed E-state index contributed by atoms with van der Waals surface area (Å²) < 4.78 is 24.5. The first-order chi connectivity index (χ1) is 6.52. The quantitative estimate of drug-likeness (QED) is 0.649. The highest BCUT2D eigenvalue weighted by Crippen LogP contribution is 2.20. The van der Waals surface area contributed by atoms with Crippen LogP contribution in [0.1, 0.15) is 13.3 Å². The lowest BCUT2D eigenvalue weighted by atomic mass is 10.1. The average molecular weight is 213 g/mol. The van der Waals surface area contributed by atoms with Crippen LogP contribution in [-0.4, -0.2) is 31.1 Å². The van der Waals surface area contributed by atoms with Crippen molar-refractivity contribution in [2.45, 2.75) is 18.6 Å². The second kappa shape index (κ2) is 3.95. The number of hydrogen-bond acceptors (Lipinski definition) is 4. The van der Waals surface area contributed by atoms with Gasteiger partial charge in [-0.3, -0.25) is 0 Å². The number of nitriles is 2. The highest BCUT2D eigenvalue weighted by molar-refractivity contribution is 7.89. The molecule has 0 N–H and O–H groups in total. The minimum Gasteiger partial charge on any atom is -0.211 e.